The van der Waals surface area contributed by atoms with Gasteiger partial charge >= 0.3 is 0 Å². The van der Waals surface area contributed by atoms with Gasteiger partial charge in [0.15, 0.2) is 0 Å². The van der Waals surface area contributed by atoms with E-state index in [1.165, 1.54) is 6.07 Å². The average molecular weight is 343 g/mol. The van der Waals surface area contributed by atoms with Crippen LogP contribution in [0.3, 0.4) is 0 Å². The number of hydrogen-bond donors (Lipinski definition) is 2. The molecule has 0 aliphatic rings. The molecule has 1 heterocycles. The second-order valence-corrected chi connectivity index (χ2v) is 5.11. The number of ether oxygens (including phenoxy) is 2. The highest BCUT2D eigenvalue weighted by atomic mass is 35.5. The number of carbonyl (C=O) groups is 1. The van der Waals surface area contributed by atoms with E-state index < -0.39 is 0 Å². The van der Waals surface area contributed by atoms with Crippen molar-refractivity contribution in [2.45, 2.75) is 13.8 Å². The molecule has 0 aliphatic carbocycles. The Kier molecular flexibility index (Phi) is 5.57. The van der Waals surface area contributed by atoms with Crippen LogP contribution in [0.1, 0.15) is 24.3 Å². The quantitative estimate of drug-likeness (QED) is 0.819. The standard InChI is InChI=1S/C15H16Cl2N2O3/c1-3-21-9-5-6-13(22-4-2)11(7-9)19-15(20)12-8-10(16)14(17)18-12/h5-8,18H,3-4H2,1-2H3,(H,19,20). The second kappa shape index (κ2) is 7.42. The zero-order valence-corrected chi connectivity index (χ0v) is 13.7. The van der Waals surface area contributed by atoms with Gasteiger partial charge in [0.1, 0.15) is 22.3 Å². The van der Waals surface area contributed by atoms with Crippen LogP contribution in [0.25, 0.3) is 0 Å². The third-order valence-corrected chi connectivity index (χ3v) is 3.47. The summed E-state index contributed by atoms with van der Waals surface area (Å²) in [7, 11) is 0. The molecule has 1 amide bonds. The summed E-state index contributed by atoms with van der Waals surface area (Å²) in [4.78, 5) is 15.0. The van der Waals surface area contributed by atoms with E-state index in [4.69, 9.17) is 32.7 Å². The molecule has 0 radical (unpaired) electrons. The summed E-state index contributed by atoms with van der Waals surface area (Å²) in [5, 5.41) is 3.27. The number of aromatic nitrogens is 1. The molecule has 0 unspecified atom stereocenters. The minimum atomic E-state index is -0.372. The van der Waals surface area contributed by atoms with Gasteiger partial charge in [0.2, 0.25) is 0 Å². The van der Waals surface area contributed by atoms with Crippen molar-refractivity contribution >= 4 is 34.8 Å². The van der Waals surface area contributed by atoms with Crippen LogP contribution in [0.4, 0.5) is 5.69 Å². The van der Waals surface area contributed by atoms with Crippen LogP contribution in [-0.2, 0) is 0 Å². The van der Waals surface area contributed by atoms with E-state index in [2.05, 4.69) is 10.3 Å². The van der Waals surface area contributed by atoms with Crippen LogP contribution in [0.2, 0.25) is 10.2 Å². The van der Waals surface area contributed by atoms with Crippen molar-refractivity contribution < 1.29 is 14.3 Å². The first-order valence-electron chi connectivity index (χ1n) is 6.80. The van der Waals surface area contributed by atoms with E-state index in [9.17, 15) is 4.79 Å². The highest BCUT2D eigenvalue weighted by Crippen LogP contribution is 2.30. The first-order valence-corrected chi connectivity index (χ1v) is 7.55. The van der Waals surface area contributed by atoms with Crippen molar-refractivity contribution in [3.8, 4) is 11.5 Å². The molecule has 0 aliphatic heterocycles. The van der Waals surface area contributed by atoms with Crippen LogP contribution in [-0.4, -0.2) is 24.1 Å². The van der Waals surface area contributed by atoms with Crippen molar-refractivity contribution in [3.05, 3.63) is 40.1 Å². The Balaban J connectivity index is 2.25. The fourth-order valence-corrected chi connectivity index (χ4v) is 2.17. The number of halogens is 2. The molecule has 7 heteroatoms. The summed E-state index contributed by atoms with van der Waals surface area (Å²) in [5.74, 6) is 0.829. The molecule has 0 fully saturated rings. The molecule has 5 nitrogen and oxygen atoms in total. The van der Waals surface area contributed by atoms with Gasteiger partial charge in [-0.05, 0) is 32.0 Å². The molecule has 0 bridgehead atoms. The van der Waals surface area contributed by atoms with Crippen molar-refractivity contribution in [1.29, 1.82) is 0 Å². The second-order valence-electron chi connectivity index (χ2n) is 4.32. The molecule has 2 rings (SSSR count). The Labute approximate surface area is 138 Å². The lowest BCUT2D eigenvalue weighted by molar-refractivity contribution is 0.102. The smallest absolute Gasteiger partial charge is 0.272 e. The summed E-state index contributed by atoms with van der Waals surface area (Å²) in [6, 6.07) is 6.70. The lowest BCUT2D eigenvalue weighted by Gasteiger charge is -2.13. The lowest BCUT2D eigenvalue weighted by Crippen LogP contribution is -2.13. The maximum Gasteiger partial charge on any atom is 0.272 e. The van der Waals surface area contributed by atoms with E-state index in [1.807, 2.05) is 13.8 Å². The molecule has 0 spiro atoms. The Hall–Kier alpha value is -1.85. The maximum absolute atomic E-state index is 12.2. The van der Waals surface area contributed by atoms with Gasteiger partial charge in [-0.15, -0.1) is 0 Å². The first kappa shape index (κ1) is 16.5. The Morgan fingerprint density at radius 2 is 1.91 bits per heavy atom. The van der Waals surface area contributed by atoms with Crippen molar-refractivity contribution in [2.24, 2.45) is 0 Å². The van der Waals surface area contributed by atoms with Gasteiger partial charge in [-0.2, -0.15) is 0 Å². The van der Waals surface area contributed by atoms with Crippen molar-refractivity contribution in [3.63, 3.8) is 0 Å². The number of anilines is 1. The monoisotopic (exact) mass is 342 g/mol. The molecular weight excluding hydrogens is 327 g/mol. The van der Waals surface area contributed by atoms with Crippen molar-refractivity contribution in [2.75, 3.05) is 18.5 Å². The molecule has 22 heavy (non-hydrogen) atoms. The van der Waals surface area contributed by atoms with Gasteiger partial charge in [0, 0.05) is 6.07 Å². The first-order chi connectivity index (χ1) is 10.5. The van der Waals surface area contributed by atoms with Gasteiger partial charge in [-0.1, -0.05) is 23.2 Å². The van der Waals surface area contributed by atoms with Gasteiger partial charge in [0.25, 0.3) is 5.91 Å². The Bertz CT molecular complexity index is 651. The number of hydrogen-bond acceptors (Lipinski definition) is 3. The molecule has 1 aromatic carbocycles. The number of carbonyl (C=O) groups excluding carboxylic acids is 1. The largest absolute Gasteiger partial charge is 0.494 e. The van der Waals surface area contributed by atoms with Crippen LogP contribution in [0.5, 0.6) is 11.5 Å². The minimum absolute atomic E-state index is 0.222. The summed E-state index contributed by atoms with van der Waals surface area (Å²) in [5.41, 5.74) is 0.777. The summed E-state index contributed by atoms with van der Waals surface area (Å²) < 4.78 is 10.9. The fourth-order valence-electron chi connectivity index (χ4n) is 1.86. The fraction of sp³-hybridized carbons (Fsp3) is 0.267. The molecular formula is C15H16Cl2N2O3. The van der Waals surface area contributed by atoms with E-state index in [-0.39, 0.29) is 16.8 Å². The zero-order valence-electron chi connectivity index (χ0n) is 12.2. The molecule has 0 saturated carbocycles. The maximum atomic E-state index is 12.2. The topological polar surface area (TPSA) is 63.4 Å². The minimum Gasteiger partial charge on any atom is -0.494 e. The van der Waals surface area contributed by atoms with E-state index in [1.54, 1.807) is 18.2 Å². The molecule has 2 aromatic rings. The van der Waals surface area contributed by atoms with Crippen molar-refractivity contribution in [1.82, 2.24) is 4.98 Å². The molecule has 2 N–H and O–H groups in total. The molecule has 118 valence electrons. The number of benzene rings is 1. The molecule has 1 aromatic heterocycles. The van der Waals surface area contributed by atoms with E-state index in [0.717, 1.165) is 0 Å². The third-order valence-electron chi connectivity index (χ3n) is 2.78. The number of aromatic amines is 1. The number of H-pyrrole nitrogens is 1. The SMILES string of the molecule is CCOc1ccc(OCC)c(NC(=O)c2cc(Cl)c(Cl)[nH]2)c1. The predicted octanol–water partition coefficient (Wildman–Crippen LogP) is 4.37. The van der Waals surface area contributed by atoms with Crippen LogP contribution in [0.15, 0.2) is 24.3 Å². The summed E-state index contributed by atoms with van der Waals surface area (Å²) in [6.45, 7) is 4.77. The van der Waals surface area contributed by atoms with Crippen LogP contribution >= 0.6 is 23.2 Å². The van der Waals surface area contributed by atoms with E-state index in [0.29, 0.717) is 35.4 Å². The predicted molar refractivity (Wildman–Crippen MR) is 87.5 cm³/mol. The Morgan fingerprint density at radius 1 is 1.18 bits per heavy atom. The number of rotatable bonds is 6. The van der Waals surface area contributed by atoms with Crippen LogP contribution < -0.4 is 14.8 Å². The number of amides is 1. The highest BCUT2D eigenvalue weighted by Gasteiger charge is 2.14. The Morgan fingerprint density at radius 3 is 2.50 bits per heavy atom. The summed E-state index contributed by atoms with van der Waals surface area (Å²) >= 11 is 11.6. The van der Waals surface area contributed by atoms with E-state index >= 15 is 0 Å². The van der Waals surface area contributed by atoms with Gasteiger partial charge < -0.3 is 19.8 Å². The van der Waals surface area contributed by atoms with Crippen LogP contribution in [0, 0.1) is 0 Å². The van der Waals surface area contributed by atoms with Gasteiger partial charge in [0.05, 0.1) is 23.9 Å². The van der Waals surface area contributed by atoms with Gasteiger partial charge in [-0.25, -0.2) is 0 Å². The normalized spacial score (nSPS) is 10.4. The summed E-state index contributed by atoms with van der Waals surface area (Å²) in [6.07, 6.45) is 0. The lowest BCUT2D eigenvalue weighted by atomic mass is 10.2. The van der Waals surface area contributed by atoms with Gasteiger partial charge in [-0.3, -0.25) is 4.79 Å². The number of nitrogens with one attached hydrogen (secondary N) is 2. The zero-order chi connectivity index (χ0) is 16.1. The highest BCUT2D eigenvalue weighted by molar-refractivity contribution is 6.41. The third kappa shape index (κ3) is 3.87. The average Bonchev–Trinajstić information content (AvgIpc) is 2.82. The molecule has 0 atom stereocenters. The molecule has 0 saturated heterocycles.